The number of nitrogens with one attached hydrogen (secondary N) is 1. The minimum atomic E-state index is -3.60. The Kier molecular flexibility index (Phi) is 7.10. The fourth-order valence-corrected chi connectivity index (χ4v) is 3.36. The number of nitrogen functional groups attached to an aromatic ring is 1. The molecule has 0 aromatic heterocycles. The molecule has 0 atom stereocenters. The van der Waals surface area contributed by atoms with Crippen LogP contribution in [0.25, 0.3) is 0 Å². The molecule has 0 unspecified atom stereocenters. The minimum Gasteiger partial charge on any atom is -0.398 e. The van der Waals surface area contributed by atoms with Gasteiger partial charge in [0.1, 0.15) is 4.90 Å². The number of anilines is 1. The molecule has 1 aromatic rings. The van der Waals surface area contributed by atoms with Gasteiger partial charge in [-0.25, -0.2) is 13.1 Å². The molecule has 0 aliphatic rings. The second-order valence-corrected chi connectivity index (χ2v) is 6.49. The van der Waals surface area contributed by atoms with Crippen molar-refractivity contribution in [3.8, 4) is 0 Å². The number of methoxy groups -OCH3 is 1. The van der Waals surface area contributed by atoms with E-state index >= 15 is 0 Å². The number of ether oxygens (including phenoxy) is 2. The van der Waals surface area contributed by atoms with Crippen molar-refractivity contribution < 1.29 is 17.9 Å². The summed E-state index contributed by atoms with van der Waals surface area (Å²) < 4.78 is 37.3. The van der Waals surface area contributed by atoms with E-state index in [9.17, 15) is 8.42 Å². The predicted molar refractivity (Wildman–Crippen MR) is 82.8 cm³/mol. The highest BCUT2D eigenvalue weighted by Crippen LogP contribution is 2.24. The van der Waals surface area contributed by atoms with Crippen LogP contribution in [0.2, 0.25) is 0 Å². The first-order chi connectivity index (χ1) is 9.90. The monoisotopic (exact) mass is 316 g/mol. The molecule has 1 rings (SSSR count). The Morgan fingerprint density at radius 1 is 1.19 bits per heavy atom. The van der Waals surface area contributed by atoms with Crippen molar-refractivity contribution in [2.24, 2.45) is 0 Å². The summed E-state index contributed by atoms with van der Waals surface area (Å²) in [7, 11) is -1.99. The second kappa shape index (κ2) is 8.33. The van der Waals surface area contributed by atoms with Crippen LogP contribution in [-0.2, 0) is 19.5 Å². The third kappa shape index (κ3) is 5.28. The zero-order valence-corrected chi connectivity index (χ0v) is 13.6. The minimum absolute atomic E-state index is 0.169. The lowest BCUT2D eigenvalue weighted by atomic mass is 10.1. The van der Waals surface area contributed by atoms with Gasteiger partial charge in [0.15, 0.2) is 0 Å². The molecule has 0 saturated heterocycles. The van der Waals surface area contributed by atoms with Crippen LogP contribution in [0.5, 0.6) is 0 Å². The van der Waals surface area contributed by atoms with E-state index in [4.69, 9.17) is 15.2 Å². The second-order valence-electron chi connectivity index (χ2n) is 4.78. The summed E-state index contributed by atoms with van der Waals surface area (Å²) in [6.45, 7) is 5.44. The van der Waals surface area contributed by atoms with Gasteiger partial charge in [-0.1, -0.05) is 6.07 Å². The highest BCUT2D eigenvalue weighted by atomic mass is 32.2. The van der Waals surface area contributed by atoms with Gasteiger partial charge in [-0.05, 0) is 37.5 Å². The van der Waals surface area contributed by atoms with E-state index < -0.39 is 10.0 Å². The van der Waals surface area contributed by atoms with Gasteiger partial charge in [0.25, 0.3) is 0 Å². The molecule has 6 nitrogen and oxygen atoms in total. The van der Waals surface area contributed by atoms with Crippen molar-refractivity contribution in [2.75, 3.05) is 39.2 Å². The first kappa shape index (κ1) is 17.9. The molecular formula is C14H24N2O4S. The van der Waals surface area contributed by atoms with Crippen molar-refractivity contribution in [2.45, 2.75) is 25.2 Å². The molecule has 0 aliphatic heterocycles. The summed E-state index contributed by atoms with van der Waals surface area (Å²) in [5.41, 5.74) is 7.64. The van der Waals surface area contributed by atoms with E-state index in [0.717, 1.165) is 5.56 Å². The average Bonchev–Trinajstić information content (AvgIpc) is 2.42. The van der Waals surface area contributed by atoms with Crippen LogP contribution in [0, 0.1) is 13.8 Å². The van der Waals surface area contributed by atoms with Crippen molar-refractivity contribution in [3.05, 3.63) is 23.3 Å². The van der Waals surface area contributed by atoms with Crippen molar-refractivity contribution in [1.29, 1.82) is 0 Å². The molecule has 0 spiro atoms. The largest absolute Gasteiger partial charge is 0.398 e. The van der Waals surface area contributed by atoms with Gasteiger partial charge in [-0.2, -0.15) is 0 Å². The Bertz CT molecular complexity index is 558. The molecule has 0 heterocycles. The van der Waals surface area contributed by atoms with Gasteiger partial charge in [0.05, 0.1) is 18.9 Å². The topological polar surface area (TPSA) is 90.6 Å². The Balaban J connectivity index is 2.57. The van der Waals surface area contributed by atoms with E-state index in [2.05, 4.69) is 4.72 Å². The smallest absolute Gasteiger partial charge is 0.242 e. The summed E-state index contributed by atoms with van der Waals surface area (Å²) in [5.74, 6) is 0. The Labute approximate surface area is 126 Å². The van der Waals surface area contributed by atoms with E-state index in [1.165, 1.54) is 0 Å². The number of benzene rings is 1. The first-order valence-electron chi connectivity index (χ1n) is 6.82. The molecule has 120 valence electrons. The Morgan fingerprint density at radius 3 is 2.57 bits per heavy atom. The van der Waals surface area contributed by atoms with Crippen LogP contribution in [0.4, 0.5) is 5.69 Å². The molecule has 3 N–H and O–H groups in total. The maximum Gasteiger partial charge on any atom is 0.242 e. The molecule has 0 saturated carbocycles. The fourth-order valence-electron chi connectivity index (χ4n) is 1.87. The lowest BCUT2D eigenvalue weighted by Gasteiger charge is -2.13. The van der Waals surface area contributed by atoms with Crippen LogP contribution in [0.3, 0.4) is 0 Å². The molecule has 0 fully saturated rings. The van der Waals surface area contributed by atoms with Gasteiger partial charge in [0.2, 0.25) is 10.0 Å². The van der Waals surface area contributed by atoms with Crippen LogP contribution in [-0.4, -0.2) is 41.9 Å². The van der Waals surface area contributed by atoms with E-state index in [-0.39, 0.29) is 10.6 Å². The van der Waals surface area contributed by atoms with Crippen molar-refractivity contribution in [1.82, 2.24) is 4.72 Å². The molecule has 7 heteroatoms. The lowest BCUT2D eigenvalue weighted by molar-refractivity contribution is 0.0699. The summed E-state index contributed by atoms with van der Waals surface area (Å²) in [5, 5.41) is 0. The maximum absolute atomic E-state index is 12.3. The lowest BCUT2D eigenvalue weighted by Crippen LogP contribution is -2.27. The first-order valence-corrected chi connectivity index (χ1v) is 8.30. The fraction of sp³-hybridized carbons (Fsp3) is 0.571. The van der Waals surface area contributed by atoms with Crippen LogP contribution in [0.1, 0.15) is 17.5 Å². The van der Waals surface area contributed by atoms with Crippen molar-refractivity contribution >= 4 is 15.7 Å². The van der Waals surface area contributed by atoms with Gasteiger partial charge in [0, 0.05) is 20.3 Å². The van der Waals surface area contributed by atoms with Crippen molar-refractivity contribution in [3.63, 3.8) is 0 Å². The number of rotatable bonds is 9. The zero-order chi connectivity index (χ0) is 15.9. The third-order valence-corrected chi connectivity index (χ3v) is 4.83. The van der Waals surface area contributed by atoms with Gasteiger partial charge in [-0.15, -0.1) is 0 Å². The van der Waals surface area contributed by atoms with E-state index in [0.29, 0.717) is 38.3 Å². The molecule has 0 bridgehead atoms. The molecule has 0 radical (unpaired) electrons. The van der Waals surface area contributed by atoms with E-state index in [1.54, 1.807) is 20.1 Å². The van der Waals surface area contributed by atoms with E-state index in [1.807, 2.05) is 13.0 Å². The summed E-state index contributed by atoms with van der Waals surface area (Å²) in [4.78, 5) is 0.169. The Morgan fingerprint density at radius 2 is 1.90 bits per heavy atom. The molecular weight excluding hydrogens is 292 g/mol. The molecule has 21 heavy (non-hydrogen) atoms. The highest BCUT2D eigenvalue weighted by Gasteiger charge is 2.20. The van der Waals surface area contributed by atoms with Gasteiger partial charge in [-0.3, -0.25) is 0 Å². The molecule has 0 aliphatic carbocycles. The summed E-state index contributed by atoms with van der Waals surface area (Å²) >= 11 is 0. The quantitative estimate of drug-likeness (QED) is 0.528. The number of aryl methyl sites for hydroxylation is 1. The summed E-state index contributed by atoms with van der Waals surface area (Å²) in [6.07, 6.45) is 0.591. The van der Waals surface area contributed by atoms with Crippen LogP contribution in [0.15, 0.2) is 17.0 Å². The van der Waals surface area contributed by atoms with Gasteiger partial charge >= 0.3 is 0 Å². The van der Waals surface area contributed by atoms with Gasteiger partial charge < -0.3 is 15.2 Å². The number of nitrogens with two attached hydrogens (primary N) is 1. The SMILES string of the molecule is COCCOCCCNS(=O)(=O)c1c(N)ccc(C)c1C. The average molecular weight is 316 g/mol. The molecule has 1 aromatic carbocycles. The third-order valence-electron chi connectivity index (χ3n) is 3.17. The van der Waals surface area contributed by atoms with Crippen LogP contribution >= 0.6 is 0 Å². The number of hydrogen-bond acceptors (Lipinski definition) is 5. The molecule has 0 amide bonds. The predicted octanol–water partition coefficient (Wildman–Crippen LogP) is 1.22. The maximum atomic E-state index is 12.3. The summed E-state index contributed by atoms with van der Waals surface area (Å²) in [6, 6.07) is 3.43. The number of hydrogen-bond donors (Lipinski definition) is 2. The van der Waals surface area contributed by atoms with Crippen LogP contribution < -0.4 is 10.5 Å². The standard InChI is InChI=1S/C14H24N2O4S/c1-11-5-6-13(15)14(12(11)2)21(17,18)16-7-4-8-20-10-9-19-3/h5-6,16H,4,7-10,15H2,1-3H3. The highest BCUT2D eigenvalue weighted by molar-refractivity contribution is 7.89. The number of sulfonamides is 1. The zero-order valence-electron chi connectivity index (χ0n) is 12.8. The Hall–Kier alpha value is -1.15. The normalized spacial score (nSPS) is 11.8.